The summed E-state index contributed by atoms with van der Waals surface area (Å²) in [4.78, 5) is 23.9. The second-order valence-corrected chi connectivity index (χ2v) is 6.12. The molecular weight excluding hydrogens is 310 g/mol. The van der Waals surface area contributed by atoms with Gasteiger partial charge in [0.2, 0.25) is 0 Å². The number of halogens is 1. The number of benzene rings is 1. The van der Waals surface area contributed by atoms with Gasteiger partial charge in [0, 0.05) is 16.1 Å². The van der Waals surface area contributed by atoms with Crippen molar-refractivity contribution in [2.24, 2.45) is 0 Å². The van der Waals surface area contributed by atoms with Gasteiger partial charge in [-0.2, -0.15) is 0 Å². The van der Waals surface area contributed by atoms with Gasteiger partial charge < -0.3 is 10.1 Å². The van der Waals surface area contributed by atoms with Gasteiger partial charge in [-0.25, -0.2) is 4.79 Å². The fraction of sp³-hybridized carbons (Fsp3) is 0.333. The Morgan fingerprint density at radius 1 is 1.38 bits per heavy atom. The molecule has 4 nitrogen and oxygen atoms in total. The Labute approximate surface area is 132 Å². The van der Waals surface area contributed by atoms with Gasteiger partial charge in [0.15, 0.2) is 6.61 Å². The number of carbonyl (C=O) groups is 2. The van der Waals surface area contributed by atoms with Crippen molar-refractivity contribution in [3.05, 3.63) is 34.2 Å². The monoisotopic (exact) mass is 325 g/mol. The van der Waals surface area contributed by atoms with Crippen LogP contribution in [0.3, 0.4) is 0 Å². The topological polar surface area (TPSA) is 55.4 Å². The molecule has 2 rings (SSSR count). The van der Waals surface area contributed by atoms with Crippen LogP contribution in [0.2, 0.25) is 5.02 Å². The van der Waals surface area contributed by atoms with E-state index in [-0.39, 0.29) is 18.6 Å². The lowest BCUT2D eigenvalue weighted by molar-refractivity contribution is -0.124. The highest BCUT2D eigenvalue weighted by molar-refractivity contribution is 7.21. The lowest BCUT2D eigenvalue weighted by atomic mass is 10.2. The lowest BCUT2D eigenvalue weighted by Gasteiger charge is -2.11. The number of esters is 1. The van der Waals surface area contributed by atoms with E-state index in [0.717, 1.165) is 16.5 Å². The first kappa shape index (κ1) is 15.8. The number of thiophene rings is 1. The third-order valence-electron chi connectivity index (χ3n) is 3.07. The zero-order valence-corrected chi connectivity index (χ0v) is 13.4. The van der Waals surface area contributed by atoms with Crippen LogP contribution in [0.1, 0.15) is 29.9 Å². The molecule has 1 N–H and O–H groups in total. The van der Waals surface area contributed by atoms with Crippen LogP contribution in [-0.2, 0) is 9.53 Å². The van der Waals surface area contributed by atoms with Gasteiger partial charge in [-0.15, -0.1) is 11.3 Å². The maximum absolute atomic E-state index is 12.0. The van der Waals surface area contributed by atoms with Crippen molar-refractivity contribution in [1.82, 2.24) is 5.32 Å². The Kier molecular flexibility index (Phi) is 5.20. The maximum atomic E-state index is 12.0. The van der Waals surface area contributed by atoms with Gasteiger partial charge in [0.1, 0.15) is 4.88 Å². The summed E-state index contributed by atoms with van der Waals surface area (Å²) in [5.74, 6) is -0.879. The molecule has 1 unspecified atom stereocenters. The molecule has 2 aromatic rings. The zero-order valence-electron chi connectivity index (χ0n) is 11.8. The number of carbonyl (C=O) groups excluding carboxylic acids is 2. The number of hydrogen-bond donors (Lipinski definition) is 1. The smallest absolute Gasteiger partial charge is 0.350 e. The molecule has 1 aromatic heterocycles. The molecule has 6 heteroatoms. The van der Waals surface area contributed by atoms with E-state index in [0.29, 0.717) is 9.90 Å². The molecule has 0 aliphatic rings. The standard InChI is InChI=1S/C15H16ClNO3S/c1-3-9(2)17-12(18)8-20-15(19)14-13(16)10-6-4-5-7-11(10)21-14/h4-7,9H,3,8H2,1-2H3,(H,17,18). The van der Waals surface area contributed by atoms with Crippen molar-refractivity contribution < 1.29 is 14.3 Å². The summed E-state index contributed by atoms with van der Waals surface area (Å²) in [6.45, 7) is 3.56. The van der Waals surface area contributed by atoms with Crippen molar-refractivity contribution in [3.8, 4) is 0 Å². The highest BCUT2D eigenvalue weighted by Crippen LogP contribution is 2.35. The number of fused-ring (bicyclic) bond motifs is 1. The summed E-state index contributed by atoms with van der Waals surface area (Å²) in [5.41, 5.74) is 0. The van der Waals surface area contributed by atoms with Gasteiger partial charge in [-0.1, -0.05) is 36.7 Å². The minimum atomic E-state index is -0.569. The largest absolute Gasteiger partial charge is 0.451 e. The average molecular weight is 326 g/mol. The zero-order chi connectivity index (χ0) is 15.4. The molecule has 1 atom stereocenters. The number of ether oxygens (including phenoxy) is 1. The van der Waals surface area contributed by atoms with Crippen molar-refractivity contribution in [2.75, 3.05) is 6.61 Å². The Bertz CT molecular complexity index is 668. The van der Waals surface area contributed by atoms with Crippen LogP contribution >= 0.6 is 22.9 Å². The Hall–Kier alpha value is -1.59. The first-order valence-corrected chi connectivity index (χ1v) is 7.86. The highest BCUT2D eigenvalue weighted by atomic mass is 35.5. The first-order chi connectivity index (χ1) is 10.0. The first-order valence-electron chi connectivity index (χ1n) is 6.66. The lowest BCUT2D eigenvalue weighted by Crippen LogP contribution is -2.35. The Morgan fingerprint density at radius 2 is 2.10 bits per heavy atom. The summed E-state index contributed by atoms with van der Waals surface area (Å²) in [7, 11) is 0. The van der Waals surface area contributed by atoms with Crippen LogP contribution in [-0.4, -0.2) is 24.5 Å². The minimum Gasteiger partial charge on any atom is -0.451 e. The summed E-state index contributed by atoms with van der Waals surface area (Å²) in [6, 6.07) is 7.53. The molecule has 0 aliphatic heterocycles. The van der Waals surface area contributed by atoms with Crippen LogP contribution in [0, 0.1) is 0 Å². The molecule has 0 bridgehead atoms. The number of rotatable bonds is 5. The number of nitrogens with one attached hydrogen (secondary N) is 1. The maximum Gasteiger partial charge on any atom is 0.350 e. The molecule has 1 heterocycles. The fourth-order valence-electron chi connectivity index (χ4n) is 1.76. The van der Waals surface area contributed by atoms with Crippen LogP contribution in [0.25, 0.3) is 10.1 Å². The molecule has 21 heavy (non-hydrogen) atoms. The second-order valence-electron chi connectivity index (χ2n) is 4.69. The van der Waals surface area contributed by atoms with E-state index in [4.69, 9.17) is 16.3 Å². The van der Waals surface area contributed by atoms with Crippen LogP contribution in [0.5, 0.6) is 0 Å². The molecular formula is C15H16ClNO3S. The highest BCUT2D eigenvalue weighted by Gasteiger charge is 2.19. The van der Waals surface area contributed by atoms with E-state index in [1.165, 1.54) is 11.3 Å². The Morgan fingerprint density at radius 3 is 2.76 bits per heavy atom. The van der Waals surface area contributed by atoms with Gasteiger partial charge in [0.25, 0.3) is 5.91 Å². The molecule has 0 saturated carbocycles. The predicted molar refractivity (Wildman–Crippen MR) is 85.0 cm³/mol. The molecule has 112 valence electrons. The second kappa shape index (κ2) is 6.91. The van der Waals surface area contributed by atoms with Gasteiger partial charge >= 0.3 is 5.97 Å². The molecule has 0 spiro atoms. The van der Waals surface area contributed by atoms with Gasteiger partial charge in [-0.05, 0) is 19.4 Å². The number of amides is 1. The molecule has 0 fully saturated rings. The molecule has 0 saturated heterocycles. The van der Waals surface area contributed by atoms with Crippen molar-refractivity contribution in [3.63, 3.8) is 0 Å². The van der Waals surface area contributed by atoms with Crippen LogP contribution in [0.15, 0.2) is 24.3 Å². The van der Waals surface area contributed by atoms with Gasteiger partial charge in [-0.3, -0.25) is 4.79 Å². The van der Waals surface area contributed by atoms with Crippen LogP contribution < -0.4 is 5.32 Å². The molecule has 1 aromatic carbocycles. The predicted octanol–water partition coefficient (Wildman–Crippen LogP) is 3.63. The third-order valence-corrected chi connectivity index (χ3v) is 4.73. The molecule has 0 radical (unpaired) electrons. The quantitative estimate of drug-likeness (QED) is 0.854. The summed E-state index contributed by atoms with van der Waals surface area (Å²) < 4.78 is 5.94. The third kappa shape index (κ3) is 3.74. The molecule has 1 amide bonds. The van der Waals surface area contributed by atoms with Gasteiger partial charge in [0.05, 0.1) is 5.02 Å². The Balaban J connectivity index is 2.02. The normalized spacial score (nSPS) is 12.1. The van der Waals surface area contributed by atoms with Crippen molar-refractivity contribution >= 4 is 44.9 Å². The fourth-order valence-corrected chi connectivity index (χ4v) is 3.16. The average Bonchev–Trinajstić information content (AvgIpc) is 2.82. The SMILES string of the molecule is CCC(C)NC(=O)COC(=O)c1sc2ccccc2c1Cl. The summed E-state index contributed by atoms with van der Waals surface area (Å²) in [6.07, 6.45) is 0.821. The van der Waals surface area contributed by atoms with E-state index >= 15 is 0 Å². The van der Waals surface area contributed by atoms with E-state index in [2.05, 4.69) is 5.32 Å². The molecule has 0 aliphatic carbocycles. The van der Waals surface area contributed by atoms with Crippen molar-refractivity contribution in [2.45, 2.75) is 26.3 Å². The van der Waals surface area contributed by atoms with E-state index < -0.39 is 5.97 Å². The van der Waals surface area contributed by atoms with Crippen molar-refractivity contribution in [1.29, 1.82) is 0 Å². The summed E-state index contributed by atoms with van der Waals surface area (Å²) in [5, 5.41) is 3.93. The van der Waals surface area contributed by atoms with Crippen LogP contribution in [0.4, 0.5) is 0 Å². The van der Waals surface area contributed by atoms with E-state index in [9.17, 15) is 9.59 Å². The van der Waals surface area contributed by atoms with E-state index in [1.54, 1.807) is 0 Å². The minimum absolute atomic E-state index is 0.0594. The van der Waals surface area contributed by atoms with E-state index in [1.807, 2.05) is 38.1 Å². The summed E-state index contributed by atoms with van der Waals surface area (Å²) >= 11 is 7.45. The number of hydrogen-bond acceptors (Lipinski definition) is 4.